The van der Waals surface area contributed by atoms with Gasteiger partial charge in [-0.2, -0.15) is 0 Å². The molecule has 3 aliphatic rings. The van der Waals surface area contributed by atoms with E-state index in [1.54, 1.807) is 0 Å². The molecule has 0 spiro atoms. The number of allylic oxidation sites excluding steroid dienone is 15. The molecular weight excluding hydrogens is 793 g/mol. The van der Waals surface area contributed by atoms with E-state index in [0.29, 0.717) is 0 Å². The van der Waals surface area contributed by atoms with E-state index in [1.807, 2.05) is 52.0 Å². The Labute approximate surface area is 408 Å². The van der Waals surface area contributed by atoms with Gasteiger partial charge in [0.1, 0.15) is 0 Å². The van der Waals surface area contributed by atoms with Gasteiger partial charge in [-0.05, 0) is 126 Å². The van der Waals surface area contributed by atoms with Crippen LogP contribution in [0.5, 0.6) is 0 Å². The second kappa shape index (κ2) is 38.0. The van der Waals surface area contributed by atoms with E-state index < -0.39 is 0 Å². The predicted octanol–water partition coefficient (Wildman–Crippen LogP) is 21.5. The van der Waals surface area contributed by atoms with Crippen LogP contribution in [0.15, 0.2) is 171 Å². The van der Waals surface area contributed by atoms with Crippen LogP contribution in [0.25, 0.3) is 34.9 Å². The summed E-state index contributed by atoms with van der Waals surface area (Å²) in [5.41, 5.74) is 14.3. The molecule has 0 bridgehead atoms. The Morgan fingerprint density at radius 1 is 0.652 bits per heavy atom. The normalized spacial score (nSPS) is 15.5. The molecule has 0 radical (unpaired) electrons. The van der Waals surface area contributed by atoms with Crippen molar-refractivity contribution in [2.24, 2.45) is 23.7 Å². The molecule has 0 amide bonds. The molecule has 0 saturated carbocycles. The van der Waals surface area contributed by atoms with Crippen molar-refractivity contribution in [3.63, 3.8) is 0 Å². The largest absolute Gasteiger partial charge is 0.103 e. The van der Waals surface area contributed by atoms with Gasteiger partial charge < -0.3 is 0 Å². The van der Waals surface area contributed by atoms with Gasteiger partial charge in [-0.15, -0.1) is 6.58 Å². The summed E-state index contributed by atoms with van der Waals surface area (Å²) in [5.74, 6) is 3.18. The fourth-order valence-electron chi connectivity index (χ4n) is 7.24. The van der Waals surface area contributed by atoms with Crippen LogP contribution in [0.2, 0.25) is 0 Å². The first-order valence-electron chi connectivity index (χ1n) is 25.5. The lowest BCUT2D eigenvalue weighted by Gasteiger charge is -2.16. The fraction of sp³-hybridized carbons (Fsp3) is 0.394. The summed E-state index contributed by atoms with van der Waals surface area (Å²) in [4.78, 5) is 0. The van der Waals surface area contributed by atoms with Crippen LogP contribution in [0.3, 0.4) is 0 Å². The van der Waals surface area contributed by atoms with Crippen molar-refractivity contribution in [1.29, 1.82) is 0 Å². The summed E-state index contributed by atoms with van der Waals surface area (Å²) in [7, 11) is 0. The Morgan fingerprint density at radius 2 is 1.18 bits per heavy atom. The highest BCUT2D eigenvalue weighted by Crippen LogP contribution is 2.35. The number of rotatable bonds is 14. The molecule has 66 heavy (non-hydrogen) atoms. The first-order valence-corrected chi connectivity index (χ1v) is 25.5. The summed E-state index contributed by atoms with van der Waals surface area (Å²) in [6.07, 6.45) is 38.8. The second-order valence-electron chi connectivity index (χ2n) is 17.6. The maximum Gasteiger partial charge on any atom is -0.00820 e. The van der Waals surface area contributed by atoms with Gasteiger partial charge >= 0.3 is 0 Å². The van der Waals surface area contributed by atoms with Crippen molar-refractivity contribution < 1.29 is 0 Å². The zero-order valence-corrected chi connectivity index (χ0v) is 44.4. The van der Waals surface area contributed by atoms with Crippen LogP contribution in [0.1, 0.15) is 181 Å². The molecule has 0 aliphatic heterocycles. The molecule has 0 N–H and O–H groups in total. The molecule has 358 valence electrons. The topological polar surface area (TPSA) is 0 Å². The number of hydrogen-bond acceptors (Lipinski definition) is 0. The van der Waals surface area contributed by atoms with Crippen LogP contribution in [-0.4, -0.2) is 0 Å². The van der Waals surface area contributed by atoms with Gasteiger partial charge in [-0.3, -0.25) is 0 Å². The lowest BCUT2D eigenvalue weighted by atomic mass is 9.90. The van der Waals surface area contributed by atoms with Crippen molar-refractivity contribution in [3.05, 3.63) is 204 Å². The van der Waals surface area contributed by atoms with Gasteiger partial charge in [-0.25, -0.2) is 0 Å². The zero-order valence-electron chi connectivity index (χ0n) is 44.4. The summed E-state index contributed by atoms with van der Waals surface area (Å²) in [6.45, 7) is 43.2. The molecule has 3 aliphatic carbocycles. The first kappa shape index (κ1) is 60.8. The molecule has 2 unspecified atom stereocenters. The molecule has 2 atom stereocenters. The Hall–Kier alpha value is -5.20. The quantitative estimate of drug-likeness (QED) is 0.142. The molecule has 0 aromatic heterocycles. The van der Waals surface area contributed by atoms with Gasteiger partial charge in [-0.1, -0.05) is 279 Å². The van der Waals surface area contributed by atoms with Crippen LogP contribution >= 0.6 is 0 Å². The van der Waals surface area contributed by atoms with Crippen LogP contribution in [0.4, 0.5) is 0 Å². The van der Waals surface area contributed by atoms with Crippen molar-refractivity contribution in [3.8, 4) is 0 Å². The van der Waals surface area contributed by atoms with E-state index in [0.717, 1.165) is 59.6 Å². The smallest absolute Gasteiger partial charge is 0.00820 e. The summed E-state index contributed by atoms with van der Waals surface area (Å²) >= 11 is 0. The lowest BCUT2D eigenvalue weighted by molar-refractivity contribution is 0.475. The Morgan fingerprint density at radius 3 is 1.61 bits per heavy atom. The second-order valence-corrected chi connectivity index (χ2v) is 17.6. The molecule has 3 aromatic rings. The highest BCUT2D eigenvalue weighted by molar-refractivity contribution is 5.98. The number of benzene rings is 3. The molecule has 0 heteroatoms. The van der Waals surface area contributed by atoms with E-state index >= 15 is 0 Å². The Bertz CT molecular complexity index is 1990. The Kier molecular flexibility index (Phi) is 35.0. The Balaban J connectivity index is 0.000000841. The minimum atomic E-state index is 0.755. The minimum absolute atomic E-state index is 0.755. The van der Waals surface area contributed by atoms with Crippen LogP contribution in [0, 0.1) is 23.7 Å². The summed E-state index contributed by atoms with van der Waals surface area (Å²) < 4.78 is 0. The van der Waals surface area contributed by atoms with E-state index in [4.69, 9.17) is 0 Å². The summed E-state index contributed by atoms with van der Waals surface area (Å²) in [6, 6.07) is 25.7. The van der Waals surface area contributed by atoms with Gasteiger partial charge in [0.25, 0.3) is 0 Å². The third kappa shape index (κ3) is 25.5. The lowest BCUT2D eigenvalue weighted by Crippen LogP contribution is -2.02. The van der Waals surface area contributed by atoms with E-state index in [2.05, 4.69) is 216 Å². The maximum absolute atomic E-state index is 3.81. The number of hydrogen-bond donors (Lipinski definition) is 0. The molecule has 0 nitrogen and oxygen atoms in total. The highest BCUT2D eigenvalue weighted by Gasteiger charge is 2.13. The van der Waals surface area contributed by atoms with E-state index in [1.165, 1.54) is 83.1 Å². The van der Waals surface area contributed by atoms with Gasteiger partial charge in [0.05, 0.1) is 0 Å². The van der Waals surface area contributed by atoms with Gasteiger partial charge in [0.2, 0.25) is 0 Å². The third-order valence-corrected chi connectivity index (χ3v) is 10.6. The van der Waals surface area contributed by atoms with E-state index in [9.17, 15) is 0 Å². The van der Waals surface area contributed by atoms with Crippen molar-refractivity contribution >= 4 is 34.9 Å². The SMILES string of the molecule is C=CC/C(=C\CCC)c1ccc(C=C)cc1.C=Cc1ccc(C2=C(c3ccc(C=C)cc3)CC=C2)cc1.CC.CC.CC(C)CC1=CCC(C)C=C1.CC1=CCC(CC(C)C)C=C1.CCC. The maximum atomic E-state index is 3.81. The molecule has 0 heterocycles. The molecular formula is C66H94. The van der Waals surface area contributed by atoms with Crippen LogP contribution in [-0.2, 0) is 0 Å². The van der Waals surface area contributed by atoms with Crippen molar-refractivity contribution in [2.45, 2.75) is 148 Å². The van der Waals surface area contributed by atoms with Gasteiger partial charge in [0.15, 0.2) is 0 Å². The van der Waals surface area contributed by atoms with Crippen molar-refractivity contribution in [1.82, 2.24) is 0 Å². The molecule has 0 saturated heterocycles. The summed E-state index contributed by atoms with van der Waals surface area (Å²) in [5, 5.41) is 0. The highest BCUT2D eigenvalue weighted by atomic mass is 14.2. The average molecular weight is 887 g/mol. The zero-order chi connectivity index (χ0) is 49.7. The molecule has 6 rings (SSSR count). The monoisotopic (exact) mass is 887 g/mol. The third-order valence-electron chi connectivity index (χ3n) is 10.6. The predicted molar refractivity (Wildman–Crippen MR) is 307 cm³/mol. The minimum Gasteiger partial charge on any atom is -0.103 e. The van der Waals surface area contributed by atoms with Crippen LogP contribution < -0.4 is 0 Å². The first-order chi connectivity index (χ1) is 31.9. The van der Waals surface area contributed by atoms with E-state index in [-0.39, 0.29) is 0 Å². The van der Waals surface area contributed by atoms with Crippen molar-refractivity contribution in [2.75, 3.05) is 0 Å². The fourth-order valence-corrected chi connectivity index (χ4v) is 7.24. The molecule has 3 aromatic carbocycles. The molecule has 0 fully saturated rings. The average Bonchev–Trinajstić information content (AvgIpc) is 3.84. The number of unbranched alkanes of at least 4 members (excludes halogenated alkanes) is 1. The van der Waals surface area contributed by atoms with Gasteiger partial charge in [0, 0.05) is 0 Å². The standard InChI is InChI=1S/C21H18.C16H20.2C11H18.C3H8.2C2H6/c1-3-16-8-12-18(13-9-16)20-6-5-7-21(20)19-14-10-17(4-2)11-15-19;1-4-7-9-15(8-5-2)16-12-10-14(6-3)11-13-16;2*1-9(2)8-11-6-4-10(3)5-7-11;1-3-2;2*1-2/h3-6,8-15H,1-2,7H2;5-6,9-13H,2-4,7-8H2,1H3;4,6-7,9-10H,5,8H2,1-3H3;4-6,9,11H,7-8H2,1-3H3;3H2,1-2H3;2*1-2H3/b;15-9+;;;;;.